The number of nitrogens with one attached hydrogen (secondary N) is 1. The number of aromatic nitrogens is 3. The fourth-order valence-corrected chi connectivity index (χ4v) is 3.90. The van der Waals surface area contributed by atoms with Crippen LogP contribution < -0.4 is 10.2 Å². The third kappa shape index (κ3) is 3.55. The summed E-state index contributed by atoms with van der Waals surface area (Å²) in [4.78, 5) is 14.7. The molecule has 1 saturated heterocycles. The molecule has 1 N–H and O–H groups in total. The van der Waals surface area contributed by atoms with E-state index >= 15 is 0 Å². The molecular weight excluding hydrogens is 369 g/mol. The summed E-state index contributed by atoms with van der Waals surface area (Å²) in [5.74, 6) is 0.566. The van der Waals surface area contributed by atoms with E-state index in [0.717, 1.165) is 6.42 Å². The summed E-state index contributed by atoms with van der Waals surface area (Å²) in [6.45, 7) is 1.24. The maximum absolute atomic E-state index is 14.0. The second-order valence-corrected chi connectivity index (χ2v) is 8.57. The first-order valence-corrected chi connectivity index (χ1v) is 10.4. The largest absolute Gasteiger partial charge is 0.365 e. The highest BCUT2D eigenvalue weighted by atomic mass is 32.2. The van der Waals surface area contributed by atoms with Gasteiger partial charge in [0, 0.05) is 37.0 Å². The minimum Gasteiger partial charge on any atom is -0.365 e. The Morgan fingerprint density at radius 1 is 1.22 bits per heavy atom. The molecule has 1 atom stereocenters. The van der Waals surface area contributed by atoms with E-state index in [-0.39, 0.29) is 16.8 Å². The molecule has 7 nitrogen and oxygen atoms in total. The lowest BCUT2D eigenvalue weighted by Gasteiger charge is -2.19. The summed E-state index contributed by atoms with van der Waals surface area (Å²) in [5, 5.41) is 3.99. The van der Waals surface area contributed by atoms with E-state index < -0.39 is 9.84 Å². The van der Waals surface area contributed by atoms with Crippen LogP contribution in [-0.4, -0.2) is 48.8 Å². The predicted molar refractivity (Wildman–Crippen MR) is 101 cm³/mol. The van der Waals surface area contributed by atoms with Crippen LogP contribution >= 0.6 is 0 Å². The van der Waals surface area contributed by atoms with Crippen LogP contribution in [0.15, 0.2) is 47.8 Å². The normalized spacial score (nSPS) is 17.4. The number of hydrogen-bond acceptors (Lipinski definition) is 7. The molecule has 0 amide bonds. The molecule has 1 fully saturated rings. The lowest BCUT2D eigenvalue weighted by atomic mass is 10.2. The van der Waals surface area contributed by atoms with Crippen molar-refractivity contribution in [2.24, 2.45) is 0 Å². The third-order valence-electron chi connectivity index (χ3n) is 4.60. The summed E-state index contributed by atoms with van der Waals surface area (Å²) in [5.41, 5.74) is 0.658. The molecule has 0 saturated carbocycles. The molecule has 1 aliphatic heterocycles. The first-order chi connectivity index (χ1) is 12.9. The third-order valence-corrected chi connectivity index (χ3v) is 5.71. The van der Waals surface area contributed by atoms with Crippen LogP contribution in [0.1, 0.15) is 6.42 Å². The van der Waals surface area contributed by atoms with Crippen LogP contribution in [0, 0.1) is 5.82 Å². The van der Waals surface area contributed by atoms with Gasteiger partial charge >= 0.3 is 0 Å². The SMILES string of the molecule is CS(=O)(=O)c1ccc2ncnc(N[C@@H]3CCN(c4ncccc4F)C3)c2c1. The molecule has 1 aromatic carbocycles. The molecule has 140 valence electrons. The van der Waals surface area contributed by atoms with Crippen molar-refractivity contribution < 1.29 is 12.8 Å². The number of anilines is 2. The number of nitrogens with zero attached hydrogens (tertiary/aromatic N) is 4. The maximum atomic E-state index is 14.0. The van der Waals surface area contributed by atoms with Crippen LogP contribution in [0.2, 0.25) is 0 Å². The number of pyridine rings is 1. The molecule has 9 heteroatoms. The van der Waals surface area contributed by atoms with E-state index in [1.165, 1.54) is 24.7 Å². The zero-order chi connectivity index (χ0) is 19.0. The molecule has 0 aliphatic carbocycles. The maximum Gasteiger partial charge on any atom is 0.175 e. The van der Waals surface area contributed by atoms with Gasteiger partial charge in [0.15, 0.2) is 21.5 Å². The number of benzene rings is 1. The van der Waals surface area contributed by atoms with E-state index in [9.17, 15) is 12.8 Å². The van der Waals surface area contributed by atoms with Crippen LogP contribution in [0.5, 0.6) is 0 Å². The Labute approximate surface area is 156 Å². The summed E-state index contributed by atoms with van der Waals surface area (Å²) in [6, 6.07) is 7.78. The topological polar surface area (TPSA) is 88.1 Å². The van der Waals surface area contributed by atoms with Crippen molar-refractivity contribution in [2.45, 2.75) is 17.4 Å². The average Bonchev–Trinajstić information content (AvgIpc) is 3.09. The Kier molecular flexibility index (Phi) is 4.39. The number of fused-ring (bicyclic) bond motifs is 1. The molecule has 0 radical (unpaired) electrons. The summed E-state index contributed by atoms with van der Waals surface area (Å²) >= 11 is 0. The minimum atomic E-state index is -3.33. The quantitative estimate of drug-likeness (QED) is 0.735. The van der Waals surface area contributed by atoms with E-state index in [2.05, 4.69) is 20.3 Å². The Hall–Kier alpha value is -2.81. The number of rotatable bonds is 4. The molecule has 3 aromatic rings. The highest BCUT2D eigenvalue weighted by Gasteiger charge is 2.26. The Morgan fingerprint density at radius 3 is 2.85 bits per heavy atom. The molecule has 2 aromatic heterocycles. The predicted octanol–water partition coefficient (Wildman–Crippen LogP) is 2.26. The minimum absolute atomic E-state index is 0.0337. The summed E-state index contributed by atoms with van der Waals surface area (Å²) < 4.78 is 37.7. The molecule has 0 unspecified atom stereocenters. The van der Waals surface area contributed by atoms with Crippen molar-refractivity contribution in [1.82, 2.24) is 15.0 Å². The van der Waals surface area contributed by atoms with Crippen molar-refractivity contribution in [2.75, 3.05) is 29.6 Å². The van der Waals surface area contributed by atoms with Gasteiger partial charge in [0.25, 0.3) is 0 Å². The lowest BCUT2D eigenvalue weighted by Crippen LogP contribution is -2.27. The zero-order valence-corrected chi connectivity index (χ0v) is 15.4. The van der Waals surface area contributed by atoms with Crippen molar-refractivity contribution in [1.29, 1.82) is 0 Å². The molecule has 0 bridgehead atoms. The van der Waals surface area contributed by atoms with E-state index in [4.69, 9.17) is 0 Å². The number of halogens is 1. The summed E-state index contributed by atoms with van der Waals surface area (Å²) in [6.07, 6.45) is 4.97. The van der Waals surface area contributed by atoms with Gasteiger partial charge < -0.3 is 10.2 Å². The standard InChI is InChI=1S/C18H18FN5O2S/c1-27(25,26)13-4-5-16-14(9-13)17(22-11-21-16)23-12-6-8-24(10-12)18-15(19)3-2-7-20-18/h2-5,7,9,11-12H,6,8,10H2,1H3,(H,21,22,23)/t12-/m1/s1. The fraction of sp³-hybridized carbons (Fsp3) is 0.278. The van der Waals surface area contributed by atoms with Gasteiger partial charge in [-0.2, -0.15) is 0 Å². The fourth-order valence-electron chi connectivity index (χ4n) is 3.26. The monoisotopic (exact) mass is 387 g/mol. The van der Waals surface area contributed by atoms with Gasteiger partial charge in [-0.1, -0.05) is 0 Å². The highest BCUT2D eigenvalue weighted by Crippen LogP contribution is 2.26. The van der Waals surface area contributed by atoms with E-state index in [1.807, 2.05) is 4.90 Å². The van der Waals surface area contributed by atoms with E-state index in [0.29, 0.717) is 35.6 Å². The van der Waals surface area contributed by atoms with Crippen LogP contribution in [0.4, 0.5) is 16.0 Å². The smallest absolute Gasteiger partial charge is 0.175 e. The molecular formula is C18H18FN5O2S. The van der Waals surface area contributed by atoms with Gasteiger partial charge in [-0.05, 0) is 36.8 Å². The van der Waals surface area contributed by atoms with Crippen molar-refractivity contribution >= 4 is 32.4 Å². The van der Waals surface area contributed by atoms with Gasteiger partial charge in [0.1, 0.15) is 12.1 Å². The number of hydrogen-bond donors (Lipinski definition) is 1. The molecule has 27 heavy (non-hydrogen) atoms. The Balaban J connectivity index is 1.60. The van der Waals surface area contributed by atoms with Gasteiger partial charge in [0.2, 0.25) is 0 Å². The second-order valence-electron chi connectivity index (χ2n) is 6.56. The summed E-state index contributed by atoms with van der Waals surface area (Å²) in [7, 11) is -3.33. The van der Waals surface area contributed by atoms with Gasteiger partial charge in [-0.15, -0.1) is 0 Å². The van der Waals surface area contributed by atoms with Gasteiger partial charge in [0.05, 0.1) is 10.4 Å². The van der Waals surface area contributed by atoms with Crippen LogP contribution in [0.25, 0.3) is 10.9 Å². The molecule has 3 heterocycles. The average molecular weight is 387 g/mol. The number of sulfone groups is 1. The van der Waals surface area contributed by atoms with Crippen molar-refractivity contribution in [3.63, 3.8) is 0 Å². The second kappa shape index (κ2) is 6.73. The lowest BCUT2D eigenvalue weighted by molar-refractivity contribution is 0.602. The van der Waals surface area contributed by atoms with Crippen molar-refractivity contribution in [3.05, 3.63) is 48.7 Å². The Morgan fingerprint density at radius 2 is 2.07 bits per heavy atom. The van der Waals surface area contributed by atoms with E-state index in [1.54, 1.807) is 24.4 Å². The van der Waals surface area contributed by atoms with Crippen LogP contribution in [-0.2, 0) is 9.84 Å². The Bertz CT molecular complexity index is 1110. The zero-order valence-electron chi connectivity index (χ0n) is 14.6. The van der Waals surface area contributed by atoms with Gasteiger partial charge in [-0.3, -0.25) is 0 Å². The first kappa shape index (κ1) is 17.6. The van der Waals surface area contributed by atoms with Crippen LogP contribution in [0.3, 0.4) is 0 Å². The highest BCUT2D eigenvalue weighted by molar-refractivity contribution is 7.90. The van der Waals surface area contributed by atoms with Gasteiger partial charge in [-0.25, -0.2) is 27.8 Å². The molecule has 0 spiro atoms. The van der Waals surface area contributed by atoms with Crippen molar-refractivity contribution in [3.8, 4) is 0 Å². The molecule has 1 aliphatic rings. The first-order valence-electron chi connectivity index (χ1n) is 8.48. The molecule has 4 rings (SSSR count).